The van der Waals surface area contributed by atoms with E-state index < -0.39 is 0 Å². The maximum absolute atomic E-state index is 14.1. The minimum atomic E-state index is -0.0916. The standard InChI is InChI=1S/C27H39F.C26H37F/c1-3-5-7-21-10-15-24(16-11-21)25-17-12-22(13-18-25)8-9-23-14-19-26(6-4-2)27(28)20-23;1-3-5-20-9-14-23(15-10-20)24-16-11-21(12-17-24)7-8-22-13-18-25(6-4-2)26(27)19-22/h14,19-22,24-25H,3-7,10-13,15-18H2,1-2H3;13,18-21,23-24H,3-6,9-12,14-17H2,1-2H3/t21-,22?,24-,25?;20-,21?,23-,24?. The van der Waals surface area contributed by atoms with Gasteiger partial charge in [0.05, 0.1) is 0 Å². The van der Waals surface area contributed by atoms with Crippen LogP contribution in [0.5, 0.6) is 0 Å². The highest BCUT2D eigenvalue weighted by Gasteiger charge is 2.31. The van der Waals surface area contributed by atoms with Gasteiger partial charge in [-0.1, -0.05) is 134 Å². The van der Waals surface area contributed by atoms with Gasteiger partial charge < -0.3 is 0 Å². The topological polar surface area (TPSA) is 0 Å². The van der Waals surface area contributed by atoms with Crippen molar-refractivity contribution in [2.75, 3.05) is 0 Å². The van der Waals surface area contributed by atoms with E-state index in [0.29, 0.717) is 11.8 Å². The number of aryl methyl sites for hydroxylation is 2. The van der Waals surface area contributed by atoms with Crippen molar-refractivity contribution in [3.8, 4) is 23.7 Å². The molecule has 0 aromatic heterocycles. The van der Waals surface area contributed by atoms with Crippen molar-refractivity contribution in [2.24, 2.45) is 47.3 Å². The molecule has 0 unspecified atom stereocenters. The summed E-state index contributed by atoms with van der Waals surface area (Å²) < 4.78 is 28.2. The molecule has 0 N–H and O–H groups in total. The van der Waals surface area contributed by atoms with Gasteiger partial charge in [-0.25, -0.2) is 8.78 Å². The zero-order chi connectivity index (χ0) is 38.8. The zero-order valence-corrected chi connectivity index (χ0v) is 35.5. The number of unbranched alkanes of at least 4 members (excludes halogenated alkanes) is 1. The summed E-state index contributed by atoms with van der Waals surface area (Å²) in [4.78, 5) is 0. The van der Waals surface area contributed by atoms with Gasteiger partial charge in [-0.15, -0.1) is 0 Å². The molecule has 302 valence electrons. The third-order valence-corrected chi connectivity index (χ3v) is 14.3. The predicted octanol–water partition coefficient (Wildman–Crippen LogP) is 15.5. The molecule has 0 aliphatic heterocycles. The summed E-state index contributed by atoms with van der Waals surface area (Å²) in [6.45, 7) is 8.80. The molecule has 0 bridgehead atoms. The third-order valence-electron chi connectivity index (χ3n) is 14.3. The largest absolute Gasteiger partial charge is 0.207 e. The molecule has 0 spiro atoms. The predicted molar refractivity (Wildman–Crippen MR) is 231 cm³/mol. The Labute approximate surface area is 337 Å². The lowest BCUT2D eigenvalue weighted by molar-refractivity contribution is 0.153. The minimum Gasteiger partial charge on any atom is -0.207 e. The molecular formula is C53H76F2. The summed E-state index contributed by atoms with van der Waals surface area (Å²) >= 11 is 0. The molecule has 2 aromatic rings. The average Bonchev–Trinajstić information content (AvgIpc) is 3.22. The molecule has 6 rings (SSSR count). The molecule has 55 heavy (non-hydrogen) atoms. The van der Waals surface area contributed by atoms with Gasteiger partial charge in [0, 0.05) is 23.0 Å². The van der Waals surface area contributed by atoms with Crippen LogP contribution in [0.2, 0.25) is 0 Å². The van der Waals surface area contributed by atoms with Crippen LogP contribution < -0.4 is 0 Å². The van der Waals surface area contributed by atoms with E-state index in [1.54, 1.807) is 12.1 Å². The van der Waals surface area contributed by atoms with E-state index in [0.717, 1.165) is 83.4 Å². The van der Waals surface area contributed by atoms with Gasteiger partial charge in [0.15, 0.2) is 0 Å². The van der Waals surface area contributed by atoms with Crippen LogP contribution in [0.1, 0.15) is 198 Å². The van der Waals surface area contributed by atoms with E-state index in [1.165, 1.54) is 135 Å². The van der Waals surface area contributed by atoms with E-state index in [2.05, 4.69) is 51.4 Å². The van der Waals surface area contributed by atoms with Gasteiger partial charge >= 0.3 is 0 Å². The molecule has 4 aliphatic carbocycles. The number of hydrogen-bond acceptors (Lipinski definition) is 0. The first-order chi connectivity index (χ1) is 26.9. The van der Waals surface area contributed by atoms with E-state index in [4.69, 9.17) is 0 Å². The highest BCUT2D eigenvalue weighted by Crippen LogP contribution is 2.43. The quantitative estimate of drug-likeness (QED) is 0.201. The van der Waals surface area contributed by atoms with Crippen LogP contribution in [-0.4, -0.2) is 0 Å². The summed E-state index contributed by atoms with van der Waals surface area (Å²) in [7, 11) is 0. The monoisotopic (exact) mass is 751 g/mol. The Morgan fingerprint density at radius 2 is 0.836 bits per heavy atom. The molecular weight excluding hydrogens is 675 g/mol. The van der Waals surface area contributed by atoms with Crippen molar-refractivity contribution in [2.45, 2.75) is 188 Å². The number of rotatable bonds is 11. The Bertz CT molecular complexity index is 1520. The Hall–Kier alpha value is -2.58. The SMILES string of the molecule is CCCC[C@H]1CC[C@H](C2CCC(C#Cc3ccc(CCC)c(F)c3)CC2)CC1.CCCc1ccc(C#CC2CCC([C@H]3CC[C@H](CCC)CC3)CC2)cc1F. The Balaban J connectivity index is 0.000000211. The Morgan fingerprint density at radius 3 is 1.18 bits per heavy atom. The van der Waals surface area contributed by atoms with E-state index in [1.807, 2.05) is 24.3 Å². The molecule has 0 saturated heterocycles. The maximum atomic E-state index is 14.1. The molecule has 4 fully saturated rings. The lowest BCUT2D eigenvalue weighted by Crippen LogP contribution is -2.25. The van der Waals surface area contributed by atoms with Crippen LogP contribution in [0.25, 0.3) is 0 Å². The molecule has 2 aromatic carbocycles. The first-order valence-corrected chi connectivity index (χ1v) is 23.5. The van der Waals surface area contributed by atoms with Crippen molar-refractivity contribution in [3.63, 3.8) is 0 Å². The van der Waals surface area contributed by atoms with Crippen molar-refractivity contribution in [1.82, 2.24) is 0 Å². The van der Waals surface area contributed by atoms with Gasteiger partial charge in [0.1, 0.15) is 11.6 Å². The van der Waals surface area contributed by atoms with E-state index >= 15 is 0 Å². The highest BCUT2D eigenvalue weighted by atomic mass is 19.1. The van der Waals surface area contributed by atoms with Crippen LogP contribution in [0.4, 0.5) is 8.78 Å². The fourth-order valence-corrected chi connectivity index (χ4v) is 10.8. The molecule has 0 amide bonds. The second-order valence-electron chi connectivity index (χ2n) is 18.4. The third kappa shape index (κ3) is 14.1. The van der Waals surface area contributed by atoms with Gasteiger partial charge in [0.25, 0.3) is 0 Å². The Morgan fingerprint density at radius 1 is 0.455 bits per heavy atom. The van der Waals surface area contributed by atoms with Crippen LogP contribution in [0.3, 0.4) is 0 Å². The van der Waals surface area contributed by atoms with Crippen LogP contribution in [0, 0.1) is 82.7 Å². The number of hydrogen-bond donors (Lipinski definition) is 0. The van der Waals surface area contributed by atoms with Crippen LogP contribution in [-0.2, 0) is 12.8 Å². The first kappa shape index (κ1) is 43.5. The highest BCUT2D eigenvalue weighted by molar-refractivity contribution is 5.38. The lowest BCUT2D eigenvalue weighted by Gasteiger charge is -2.37. The molecule has 0 heterocycles. The molecule has 0 radical (unpaired) electrons. The smallest absolute Gasteiger partial charge is 0.127 e. The van der Waals surface area contributed by atoms with Gasteiger partial charge in [-0.05, 0) is 161 Å². The fraction of sp³-hybridized carbons (Fsp3) is 0.698. The van der Waals surface area contributed by atoms with Gasteiger partial charge in [-0.3, -0.25) is 0 Å². The van der Waals surface area contributed by atoms with Crippen molar-refractivity contribution in [1.29, 1.82) is 0 Å². The summed E-state index contributed by atoms with van der Waals surface area (Å²) in [6.07, 6.45) is 32.7. The summed E-state index contributed by atoms with van der Waals surface area (Å²) in [5.41, 5.74) is 3.31. The van der Waals surface area contributed by atoms with Gasteiger partial charge in [0.2, 0.25) is 0 Å². The van der Waals surface area contributed by atoms with Crippen LogP contribution in [0.15, 0.2) is 36.4 Å². The summed E-state index contributed by atoms with van der Waals surface area (Å²) in [6, 6.07) is 11.1. The van der Waals surface area contributed by atoms with E-state index in [-0.39, 0.29) is 11.6 Å². The normalized spacial score (nSPS) is 28.1. The molecule has 0 atom stereocenters. The Kier molecular flexibility index (Phi) is 18.7. The minimum absolute atomic E-state index is 0.0908. The second kappa shape index (κ2) is 23.6. The van der Waals surface area contributed by atoms with E-state index in [9.17, 15) is 8.78 Å². The maximum Gasteiger partial charge on any atom is 0.127 e. The molecule has 2 heteroatoms. The molecule has 4 aliphatic rings. The number of halogens is 2. The van der Waals surface area contributed by atoms with Crippen molar-refractivity contribution < 1.29 is 8.78 Å². The van der Waals surface area contributed by atoms with Crippen molar-refractivity contribution in [3.05, 3.63) is 70.3 Å². The average molecular weight is 751 g/mol. The summed E-state index contributed by atoms with van der Waals surface area (Å²) in [5.74, 6) is 20.1. The van der Waals surface area contributed by atoms with Crippen LogP contribution >= 0.6 is 0 Å². The van der Waals surface area contributed by atoms with Gasteiger partial charge in [-0.2, -0.15) is 0 Å². The first-order valence-electron chi connectivity index (χ1n) is 23.5. The second-order valence-corrected chi connectivity index (χ2v) is 18.4. The number of benzene rings is 2. The lowest BCUT2D eigenvalue weighted by atomic mass is 9.69. The zero-order valence-electron chi connectivity index (χ0n) is 35.5. The van der Waals surface area contributed by atoms with Crippen molar-refractivity contribution >= 4 is 0 Å². The summed E-state index contributed by atoms with van der Waals surface area (Å²) in [5, 5.41) is 0. The fourth-order valence-electron chi connectivity index (χ4n) is 10.8. The molecule has 4 saturated carbocycles. The molecule has 0 nitrogen and oxygen atoms in total.